The molecule has 0 bridgehead atoms. The molecule has 1 nitrogen and oxygen atoms in total. The van der Waals surface area contributed by atoms with Gasteiger partial charge in [-0.25, -0.2) is 4.39 Å². The van der Waals surface area contributed by atoms with Gasteiger partial charge in [-0.05, 0) is 48.3 Å². The quantitative estimate of drug-likeness (QED) is 0.822. The normalized spacial score (nSPS) is 24.6. The highest BCUT2D eigenvalue weighted by Crippen LogP contribution is 2.36. The summed E-state index contributed by atoms with van der Waals surface area (Å²) in [7, 11) is 0. The molecule has 1 aliphatic carbocycles. The maximum Gasteiger partial charge on any atom is 0.123 e. The van der Waals surface area contributed by atoms with Crippen LogP contribution in [0.4, 0.5) is 4.39 Å². The monoisotopic (exact) mass is 263 g/mol. The molecule has 0 radical (unpaired) electrons. The first-order valence-electron chi connectivity index (χ1n) is 7.49. The van der Waals surface area contributed by atoms with Crippen LogP contribution < -0.4 is 5.32 Å². The van der Waals surface area contributed by atoms with E-state index >= 15 is 0 Å². The Bertz CT molecular complexity index is 390. The molecule has 0 amide bonds. The van der Waals surface area contributed by atoms with Crippen molar-refractivity contribution < 1.29 is 4.39 Å². The lowest BCUT2D eigenvalue weighted by atomic mass is 9.73. The fourth-order valence-electron chi connectivity index (χ4n) is 2.94. The Morgan fingerprint density at radius 3 is 2.11 bits per heavy atom. The molecule has 1 N–H and O–H groups in total. The van der Waals surface area contributed by atoms with Gasteiger partial charge in [0, 0.05) is 12.1 Å². The van der Waals surface area contributed by atoms with E-state index in [1.165, 1.54) is 18.4 Å². The minimum Gasteiger partial charge on any atom is -0.307 e. The Balaban J connectivity index is 1.96. The van der Waals surface area contributed by atoms with E-state index in [9.17, 15) is 4.39 Å². The summed E-state index contributed by atoms with van der Waals surface area (Å²) in [6, 6.07) is 7.90. The van der Waals surface area contributed by atoms with E-state index in [-0.39, 0.29) is 5.82 Å². The topological polar surface area (TPSA) is 12.0 Å². The van der Waals surface area contributed by atoms with E-state index in [2.05, 4.69) is 33.0 Å². The fraction of sp³-hybridized carbons (Fsp3) is 0.647. The first kappa shape index (κ1) is 14.5. The smallest absolute Gasteiger partial charge is 0.123 e. The lowest BCUT2D eigenvalue weighted by molar-refractivity contribution is 0.148. The van der Waals surface area contributed by atoms with Gasteiger partial charge in [-0.1, -0.05) is 39.8 Å². The second kappa shape index (κ2) is 6.04. The largest absolute Gasteiger partial charge is 0.307 e. The molecular weight excluding hydrogens is 237 g/mol. The van der Waals surface area contributed by atoms with E-state index < -0.39 is 0 Å². The molecule has 1 atom stereocenters. The molecule has 1 unspecified atom stereocenters. The lowest BCUT2D eigenvalue weighted by Crippen LogP contribution is -2.45. The first-order chi connectivity index (χ1) is 8.97. The van der Waals surface area contributed by atoms with Gasteiger partial charge in [0.25, 0.3) is 0 Å². The zero-order valence-corrected chi connectivity index (χ0v) is 12.5. The summed E-state index contributed by atoms with van der Waals surface area (Å²) in [6.07, 6.45) is 2.56. The predicted molar refractivity (Wildman–Crippen MR) is 78.5 cm³/mol. The molecule has 0 aromatic heterocycles. The van der Waals surface area contributed by atoms with Gasteiger partial charge >= 0.3 is 0 Å². The molecule has 0 saturated heterocycles. The zero-order chi connectivity index (χ0) is 14.0. The Labute approximate surface area is 116 Å². The summed E-state index contributed by atoms with van der Waals surface area (Å²) in [5.74, 6) is 2.03. The summed E-state index contributed by atoms with van der Waals surface area (Å²) in [5.41, 5.74) is 1.20. The Hall–Kier alpha value is -0.890. The van der Waals surface area contributed by atoms with Crippen molar-refractivity contribution in [1.82, 2.24) is 5.32 Å². The SMILES string of the molecule is CC(C)C1CC(NC(c2ccc(F)cc2)C(C)C)C1. The second-order valence-corrected chi connectivity index (χ2v) is 6.61. The maximum absolute atomic E-state index is 13.0. The third kappa shape index (κ3) is 3.56. The van der Waals surface area contributed by atoms with Crippen molar-refractivity contribution in [3.63, 3.8) is 0 Å². The van der Waals surface area contributed by atoms with Crippen molar-refractivity contribution in [1.29, 1.82) is 0 Å². The molecule has 1 aromatic carbocycles. The van der Waals surface area contributed by atoms with Crippen LogP contribution in [0.25, 0.3) is 0 Å². The summed E-state index contributed by atoms with van der Waals surface area (Å²) in [5, 5.41) is 3.75. The van der Waals surface area contributed by atoms with Crippen molar-refractivity contribution in [2.24, 2.45) is 17.8 Å². The average molecular weight is 263 g/mol. The molecule has 0 aliphatic heterocycles. The van der Waals surface area contributed by atoms with E-state index in [0.29, 0.717) is 18.0 Å². The Morgan fingerprint density at radius 2 is 1.63 bits per heavy atom. The number of benzene rings is 1. The number of halogens is 1. The molecule has 0 spiro atoms. The van der Waals surface area contributed by atoms with E-state index in [1.807, 2.05) is 12.1 Å². The highest BCUT2D eigenvalue weighted by atomic mass is 19.1. The summed E-state index contributed by atoms with van der Waals surface area (Å²) < 4.78 is 13.0. The van der Waals surface area contributed by atoms with Crippen LogP contribution in [0.3, 0.4) is 0 Å². The van der Waals surface area contributed by atoms with Crippen molar-refractivity contribution in [2.75, 3.05) is 0 Å². The molecule has 106 valence electrons. The highest BCUT2D eigenvalue weighted by Gasteiger charge is 2.33. The summed E-state index contributed by atoms with van der Waals surface area (Å²) in [4.78, 5) is 0. The molecule has 2 heteroatoms. The Morgan fingerprint density at radius 1 is 1.05 bits per heavy atom. The van der Waals surface area contributed by atoms with E-state index in [0.717, 1.165) is 11.8 Å². The number of hydrogen-bond donors (Lipinski definition) is 1. The van der Waals surface area contributed by atoms with Gasteiger partial charge in [0.05, 0.1) is 0 Å². The van der Waals surface area contributed by atoms with Crippen molar-refractivity contribution in [3.05, 3.63) is 35.6 Å². The van der Waals surface area contributed by atoms with Crippen LogP contribution in [0, 0.1) is 23.6 Å². The first-order valence-corrected chi connectivity index (χ1v) is 7.49. The molecule has 19 heavy (non-hydrogen) atoms. The van der Waals surface area contributed by atoms with E-state index in [4.69, 9.17) is 0 Å². The van der Waals surface area contributed by atoms with Crippen LogP contribution in [0.2, 0.25) is 0 Å². The van der Waals surface area contributed by atoms with Crippen molar-refractivity contribution >= 4 is 0 Å². The standard InChI is InChI=1S/C17H26FN/c1-11(2)14-9-16(10-14)19-17(12(3)4)13-5-7-15(18)8-6-13/h5-8,11-12,14,16-17,19H,9-10H2,1-4H3. The summed E-state index contributed by atoms with van der Waals surface area (Å²) in [6.45, 7) is 9.06. The summed E-state index contributed by atoms with van der Waals surface area (Å²) >= 11 is 0. The number of rotatable bonds is 5. The van der Waals surface area contributed by atoms with Gasteiger partial charge in [0.2, 0.25) is 0 Å². The molecule has 1 aromatic rings. The minimum absolute atomic E-state index is 0.158. The maximum atomic E-state index is 13.0. The minimum atomic E-state index is -0.158. The van der Waals surface area contributed by atoms with Crippen molar-refractivity contribution in [3.8, 4) is 0 Å². The average Bonchev–Trinajstić information content (AvgIpc) is 2.28. The predicted octanol–water partition coefficient (Wildman–Crippen LogP) is 4.55. The third-order valence-corrected chi connectivity index (χ3v) is 4.43. The van der Waals surface area contributed by atoms with Crippen LogP contribution in [0.1, 0.15) is 52.1 Å². The molecular formula is C17H26FN. The number of hydrogen-bond acceptors (Lipinski definition) is 1. The molecule has 1 fully saturated rings. The zero-order valence-electron chi connectivity index (χ0n) is 12.5. The third-order valence-electron chi connectivity index (χ3n) is 4.43. The second-order valence-electron chi connectivity index (χ2n) is 6.61. The Kier molecular flexibility index (Phi) is 4.62. The lowest BCUT2D eigenvalue weighted by Gasteiger charge is -2.41. The van der Waals surface area contributed by atoms with Crippen LogP contribution in [-0.2, 0) is 0 Å². The van der Waals surface area contributed by atoms with Crippen molar-refractivity contribution in [2.45, 2.75) is 52.6 Å². The van der Waals surface area contributed by atoms with Crippen LogP contribution in [-0.4, -0.2) is 6.04 Å². The van der Waals surface area contributed by atoms with Gasteiger partial charge in [0.15, 0.2) is 0 Å². The molecule has 1 saturated carbocycles. The molecule has 1 aliphatic rings. The molecule has 0 heterocycles. The van der Waals surface area contributed by atoms with Gasteiger partial charge in [0.1, 0.15) is 5.82 Å². The van der Waals surface area contributed by atoms with Gasteiger partial charge in [-0.3, -0.25) is 0 Å². The number of nitrogens with one attached hydrogen (secondary N) is 1. The van der Waals surface area contributed by atoms with Gasteiger partial charge < -0.3 is 5.32 Å². The van der Waals surface area contributed by atoms with Crippen LogP contribution >= 0.6 is 0 Å². The van der Waals surface area contributed by atoms with Crippen LogP contribution in [0.15, 0.2) is 24.3 Å². The molecule has 2 rings (SSSR count). The van der Waals surface area contributed by atoms with Crippen LogP contribution in [0.5, 0.6) is 0 Å². The van der Waals surface area contributed by atoms with Gasteiger partial charge in [-0.15, -0.1) is 0 Å². The fourth-order valence-corrected chi connectivity index (χ4v) is 2.94. The van der Waals surface area contributed by atoms with Gasteiger partial charge in [-0.2, -0.15) is 0 Å². The highest BCUT2D eigenvalue weighted by molar-refractivity contribution is 5.20. The van der Waals surface area contributed by atoms with E-state index in [1.54, 1.807) is 12.1 Å².